The summed E-state index contributed by atoms with van der Waals surface area (Å²) < 4.78 is 0.995. The lowest BCUT2D eigenvalue weighted by atomic mass is 10.1. The van der Waals surface area contributed by atoms with Gasteiger partial charge in [0.15, 0.2) is 6.04 Å². The number of H-pyrrole nitrogens is 1. The topological polar surface area (TPSA) is 107 Å². The van der Waals surface area contributed by atoms with E-state index < -0.39 is 23.6 Å². The summed E-state index contributed by atoms with van der Waals surface area (Å²) in [6.45, 7) is 1.36. The highest BCUT2D eigenvalue weighted by molar-refractivity contribution is 5.82. The Bertz CT molecular complexity index is 1060. The molecule has 2 atom stereocenters. The molecule has 1 heterocycles. The fourth-order valence-electron chi connectivity index (χ4n) is 2.69. The first-order chi connectivity index (χ1) is 12.5. The van der Waals surface area contributed by atoms with E-state index in [1.54, 1.807) is 18.2 Å². The molecule has 0 bridgehead atoms. The van der Waals surface area contributed by atoms with E-state index in [2.05, 4.69) is 16.9 Å². The number of carbonyl (C=O) groups excluding carboxylic acids is 1. The maximum atomic E-state index is 12.5. The fraction of sp³-hybridized carbons (Fsp3) is 0.158. The van der Waals surface area contributed by atoms with Crippen molar-refractivity contribution in [2.24, 2.45) is 0 Å². The van der Waals surface area contributed by atoms with Crippen LogP contribution in [0.3, 0.4) is 0 Å². The van der Waals surface area contributed by atoms with Crippen molar-refractivity contribution in [3.05, 3.63) is 70.0 Å². The maximum Gasteiger partial charge on any atom is 0.275 e. The lowest BCUT2D eigenvalue weighted by molar-refractivity contribution is -0.136. The third-order valence-corrected chi connectivity index (χ3v) is 3.95. The molecule has 7 nitrogen and oxygen atoms in total. The number of benzene rings is 2. The smallest absolute Gasteiger partial charge is 0.275 e. The van der Waals surface area contributed by atoms with Gasteiger partial charge in [0, 0.05) is 11.1 Å². The van der Waals surface area contributed by atoms with Gasteiger partial charge in [-0.15, -0.1) is 0 Å². The van der Waals surface area contributed by atoms with E-state index in [9.17, 15) is 14.7 Å². The van der Waals surface area contributed by atoms with Crippen LogP contribution in [0.2, 0.25) is 0 Å². The molecule has 132 valence electrons. The Morgan fingerprint density at radius 2 is 1.85 bits per heavy atom. The number of amides is 1. The summed E-state index contributed by atoms with van der Waals surface area (Å²) in [5, 5.41) is 21.8. The fourth-order valence-corrected chi connectivity index (χ4v) is 2.69. The quantitative estimate of drug-likeness (QED) is 0.323. The molecular weight excluding hydrogens is 334 g/mol. The van der Waals surface area contributed by atoms with Crippen LogP contribution in [0, 0.1) is 11.8 Å². The van der Waals surface area contributed by atoms with Gasteiger partial charge in [-0.2, -0.15) is 0 Å². The number of carbonyl (C=O) groups is 1. The molecule has 1 aromatic heterocycles. The zero-order chi connectivity index (χ0) is 18.7. The number of hydrogen-bond donors (Lipinski definition) is 4. The molecule has 0 radical (unpaired) electrons. The van der Waals surface area contributed by atoms with Gasteiger partial charge in [0.2, 0.25) is 0 Å². The van der Waals surface area contributed by atoms with Gasteiger partial charge in [0.25, 0.3) is 11.5 Å². The first kappa shape index (κ1) is 17.5. The minimum absolute atomic E-state index is 0.353. The van der Waals surface area contributed by atoms with E-state index >= 15 is 0 Å². The molecule has 3 rings (SSSR count). The number of aliphatic hydroxyl groups is 1. The van der Waals surface area contributed by atoms with E-state index in [0.717, 1.165) is 10.2 Å². The number of fused-ring (bicyclic) bond motifs is 1. The summed E-state index contributed by atoms with van der Waals surface area (Å²) in [5.41, 5.74) is 3.03. The second-order valence-electron chi connectivity index (χ2n) is 5.82. The number of hydroxylamine groups is 1. The van der Waals surface area contributed by atoms with Crippen molar-refractivity contribution in [3.8, 4) is 11.8 Å². The average molecular weight is 351 g/mol. The van der Waals surface area contributed by atoms with E-state index in [-0.39, 0.29) is 0 Å². The van der Waals surface area contributed by atoms with Gasteiger partial charge in [0.05, 0.1) is 17.0 Å². The largest absolute Gasteiger partial charge is 0.391 e. The highest BCUT2D eigenvalue weighted by Gasteiger charge is 2.28. The van der Waals surface area contributed by atoms with Crippen molar-refractivity contribution in [2.45, 2.75) is 19.1 Å². The Balaban J connectivity index is 2.03. The third kappa shape index (κ3) is 3.37. The highest BCUT2D eigenvalue weighted by Crippen LogP contribution is 2.15. The van der Waals surface area contributed by atoms with Crippen molar-refractivity contribution in [2.75, 3.05) is 0 Å². The molecule has 4 N–H and O–H groups in total. The lowest BCUT2D eigenvalue weighted by Gasteiger charge is -2.17. The number of aromatic nitrogens is 2. The molecule has 0 saturated heterocycles. The Morgan fingerprint density at radius 3 is 2.50 bits per heavy atom. The summed E-state index contributed by atoms with van der Waals surface area (Å²) >= 11 is 0. The van der Waals surface area contributed by atoms with Crippen LogP contribution >= 0.6 is 0 Å². The predicted molar refractivity (Wildman–Crippen MR) is 95.6 cm³/mol. The second kappa shape index (κ2) is 7.27. The molecule has 0 unspecified atom stereocenters. The van der Waals surface area contributed by atoms with Crippen molar-refractivity contribution in [1.29, 1.82) is 0 Å². The molecule has 26 heavy (non-hydrogen) atoms. The molecule has 2 aromatic carbocycles. The maximum absolute atomic E-state index is 12.5. The summed E-state index contributed by atoms with van der Waals surface area (Å²) in [6, 6.07) is 13.2. The monoisotopic (exact) mass is 351 g/mol. The summed E-state index contributed by atoms with van der Waals surface area (Å²) in [7, 11) is 0. The Morgan fingerprint density at radius 1 is 1.15 bits per heavy atom. The number of nitrogens with zero attached hydrogens (tertiary/aromatic N) is 1. The summed E-state index contributed by atoms with van der Waals surface area (Å²) in [4.78, 5) is 24.3. The number of aromatic amines is 1. The van der Waals surface area contributed by atoms with Crippen molar-refractivity contribution in [1.82, 2.24) is 15.3 Å². The molecular formula is C19H17N3O4. The Kier molecular flexibility index (Phi) is 4.89. The summed E-state index contributed by atoms with van der Waals surface area (Å²) in [5.74, 6) is 5.16. The predicted octanol–water partition coefficient (Wildman–Crippen LogP) is 1.16. The molecule has 7 heteroatoms. The molecule has 1 amide bonds. The van der Waals surface area contributed by atoms with Crippen LogP contribution < -0.4 is 11.0 Å². The molecule has 0 fully saturated rings. The SMILES string of the molecule is C[C@@H](O)[C@@H](C(=O)NO)n1[nH]c2cc(C#Cc3ccccc3)ccc2c1=O. The van der Waals surface area contributed by atoms with Gasteiger partial charge in [-0.3, -0.25) is 19.9 Å². The normalized spacial score (nSPS) is 12.9. The van der Waals surface area contributed by atoms with Gasteiger partial charge in [-0.05, 0) is 37.3 Å². The molecule has 0 spiro atoms. The third-order valence-electron chi connectivity index (χ3n) is 3.95. The first-order valence-electron chi connectivity index (χ1n) is 7.94. The van der Waals surface area contributed by atoms with Crippen LogP contribution in [0.25, 0.3) is 10.9 Å². The van der Waals surface area contributed by atoms with E-state index in [0.29, 0.717) is 16.5 Å². The standard InChI is InChI=1S/C19H17N3O4/c1-12(23)17(18(24)21-26)22-19(25)15-10-9-14(11-16(15)20-22)8-7-13-5-3-2-4-6-13/h2-6,9-12,17,20,23,26H,1H3,(H,21,24)/t12-,17+/m1/s1. The molecule has 3 aromatic rings. The van der Waals surface area contributed by atoms with E-state index in [1.165, 1.54) is 12.4 Å². The van der Waals surface area contributed by atoms with Crippen LogP contribution in [-0.4, -0.2) is 32.1 Å². The van der Waals surface area contributed by atoms with Crippen LogP contribution in [0.4, 0.5) is 0 Å². The zero-order valence-corrected chi connectivity index (χ0v) is 13.9. The van der Waals surface area contributed by atoms with Gasteiger partial charge in [0.1, 0.15) is 0 Å². The Labute approximate surface area is 148 Å². The minimum Gasteiger partial charge on any atom is -0.391 e. The van der Waals surface area contributed by atoms with Crippen molar-refractivity contribution >= 4 is 16.8 Å². The van der Waals surface area contributed by atoms with Crippen molar-refractivity contribution in [3.63, 3.8) is 0 Å². The molecule has 0 aliphatic rings. The number of nitrogens with one attached hydrogen (secondary N) is 2. The molecule has 0 aliphatic heterocycles. The Hall–Kier alpha value is -3.34. The van der Waals surface area contributed by atoms with Gasteiger partial charge in [-0.1, -0.05) is 30.0 Å². The van der Waals surface area contributed by atoms with E-state index in [1.807, 2.05) is 30.3 Å². The van der Waals surface area contributed by atoms with Gasteiger partial charge >= 0.3 is 0 Å². The molecule has 0 aliphatic carbocycles. The number of hydrogen-bond acceptors (Lipinski definition) is 4. The van der Waals surface area contributed by atoms with Crippen molar-refractivity contribution < 1.29 is 15.1 Å². The van der Waals surface area contributed by atoms with E-state index in [4.69, 9.17) is 5.21 Å². The average Bonchev–Trinajstić information content (AvgIpc) is 2.96. The zero-order valence-electron chi connectivity index (χ0n) is 13.9. The highest BCUT2D eigenvalue weighted by atomic mass is 16.5. The summed E-state index contributed by atoms with van der Waals surface area (Å²) in [6.07, 6.45) is -1.19. The molecule has 0 saturated carbocycles. The van der Waals surface area contributed by atoms with Gasteiger partial charge in [-0.25, -0.2) is 10.2 Å². The van der Waals surface area contributed by atoms with Crippen LogP contribution in [0.5, 0.6) is 0 Å². The van der Waals surface area contributed by atoms with Crippen LogP contribution in [0.1, 0.15) is 24.1 Å². The number of aliphatic hydroxyl groups excluding tert-OH is 1. The van der Waals surface area contributed by atoms with Crippen LogP contribution in [0.15, 0.2) is 53.3 Å². The lowest BCUT2D eigenvalue weighted by Crippen LogP contribution is -2.41. The van der Waals surface area contributed by atoms with Crippen LogP contribution in [-0.2, 0) is 4.79 Å². The first-order valence-corrected chi connectivity index (χ1v) is 7.94. The number of rotatable bonds is 3. The minimum atomic E-state index is -1.28. The second-order valence-corrected chi connectivity index (χ2v) is 5.82. The van der Waals surface area contributed by atoms with Gasteiger partial charge < -0.3 is 5.11 Å².